The van der Waals surface area contributed by atoms with Gasteiger partial charge >= 0.3 is 0 Å². The molecule has 2 amide bonds. The normalized spacial score (nSPS) is 25.3. The Bertz CT molecular complexity index is 934. The summed E-state index contributed by atoms with van der Waals surface area (Å²) in [6.07, 6.45) is 8.77. The highest BCUT2D eigenvalue weighted by atomic mass is 16.5. The molecule has 4 N–H and O–H groups in total. The number of nitrogens with one attached hydrogen (secondary N) is 2. The van der Waals surface area contributed by atoms with Gasteiger partial charge in [-0.3, -0.25) is 24.3 Å². The van der Waals surface area contributed by atoms with Gasteiger partial charge in [-0.2, -0.15) is 5.10 Å². The van der Waals surface area contributed by atoms with Gasteiger partial charge in [0, 0.05) is 39.0 Å². The predicted octanol–water partition coefficient (Wildman–Crippen LogP) is 0.530. The predicted molar refractivity (Wildman–Crippen MR) is 125 cm³/mol. The van der Waals surface area contributed by atoms with Gasteiger partial charge in [-0.15, -0.1) is 0 Å². The number of nitrogens with two attached hydrogens (primary N) is 1. The fraction of sp³-hybridized carbons (Fsp3) is 0.591. The fourth-order valence-electron chi connectivity index (χ4n) is 4.36. The monoisotopic (exact) mass is 456 g/mol. The van der Waals surface area contributed by atoms with Crippen LogP contribution in [0.25, 0.3) is 0 Å². The van der Waals surface area contributed by atoms with E-state index in [0.717, 1.165) is 51.1 Å². The number of piperidine rings is 1. The minimum absolute atomic E-state index is 0.0532. The zero-order chi connectivity index (χ0) is 23.2. The van der Waals surface area contributed by atoms with E-state index in [1.165, 1.54) is 6.08 Å². The number of aliphatic imine (C=N–C) groups is 2. The molecule has 178 valence electrons. The van der Waals surface area contributed by atoms with Gasteiger partial charge in [-0.05, 0) is 37.7 Å². The molecule has 0 spiro atoms. The SMILES string of the molecule is C=CC(=O)N1CCC[C@@H](n2cc(NC3=NCC(C(N)=O)C(=NCC4CCOCC4)N3)cn2)C1. The highest BCUT2D eigenvalue weighted by Gasteiger charge is 2.28. The molecular weight excluding hydrogens is 424 g/mol. The maximum absolute atomic E-state index is 12.0. The van der Waals surface area contributed by atoms with Crippen molar-refractivity contribution in [2.75, 3.05) is 44.7 Å². The second-order valence-corrected chi connectivity index (χ2v) is 8.67. The molecular formula is C22H32N8O3. The molecule has 0 radical (unpaired) electrons. The van der Waals surface area contributed by atoms with Gasteiger partial charge in [0.2, 0.25) is 17.8 Å². The number of ether oxygens (including phenoxy) is 1. The Morgan fingerprint density at radius 3 is 2.94 bits per heavy atom. The molecule has 33 heavy (non-hydrogen) atoms. The van der Waals surface area contributed by atoms with Crippen molar-refractivity contribution in [1.82, 2.24) is 20.0 Å². The molecule has 4 heterocycles. The molecule has 0 saturated carbocycles. The van der Waals surface area contributed by atoms with Crippen molar-refractivity contribution in [3.63, 3.8) is 0 Å². The summed E-state index contributed by atoms with van der Waals surface area (Å²) in [5.41, 5.74) is 6.33. The van der Waals surface area contributed by atoms with Crippen molar-refractivity contribution in [3.8, 4) is 0 Å². The summed E-state index contributed by atoms with van der Waals surface area (Å²) in [5.74, 6) is 0.434. The molecule has 3 aliphatic heterocycles. The van der Waals surface area contributed by atoms with Crippen LogP contribution in [0.2, 0.25) is 0 Å². The molecule has 0 aliphatic carbocycles. The van der Waals surface area contributed by atoms with Crippen molar-refractivity contribution < 1.29 is 14.3 Å². The maximum Gasteiger partial charge on any atom is 0.246 e. The van der Waals surface area contributed by atoms with Crippen LogP contribution in [0.1, 0.15) is 31.7 Å². The number of primary amides is 1. The lowest BCUT2D eigenvalue weighted by molar-refractivity contribution is -0.127. The van der Waals surface area contributed by atoms with Gasteiger partial charge in [0.05, 0.1) is 24.5 Å². The molecule has 2 fully saturated rings. The maximum atomic E-state index is 12.0. The van der Waals surface area contributed by atoms with E-state index < -0.39 is 11.8 Å². The van der Waals surface area contributed by atoms with Crippen LogP contribution in [-0.4, -0.2) is 77.7 Å². The Balaban J connectivity index is 1.39. The zero-order valence-electron chi connectivity index (χ0n) is 18.8. The third kappa shape index (κ3) is 5.78. The van der Waals surface area contributed by atoms with E-state index in [2.05, 4.69) is 32.3 Å². The average Bonchev–Trinajstić information content (AvgIpc) is 3.31. The number of aromatic nitrogens is 2. The third-order valence-corrected chi connectivity index (χ3v) is 6.33. The first-order valence-corrected chi connectivity index (χ1v) is 11.5. The number of nitrogens with zero attached hydrogens (tertiary/aromatic N) is 5. The smallest absolute Gasteiger partial charge is 0.246 e. The third-order valence-electron chi connectivity index (χ3n) is 6.33. The number of carbonyl (C=O) groups is 2. The van der Waals surface area contributed by atoms with Crippen LogP contribution in [0, 0.1) is 11.8 Å². The highest BCUT2D eigenvalue weighted by Crippen LogP contribution is 2.23. The number of guanidine groups is 1. The van der Waals surface area contributed by atoms with Crippen LogP contribution in [0.4, 0.5) is 5.69 Å². The van der Waals surface area contributed by atoms with E-state index in [-0.39, 0.29) is 18.5 Å². The topological polar surface area (TPSA) is 139 Å². The molecule has 3 aliphatic rings. The number of amides is 2. The summed E-state index contributed by atoms with van der Waals surface area (Å²) in [6, 6.07) is 0.107. The minimum Gasteiger partial charge on any atom is -0.381 e. The molecule has 2 atom stereocenters. The molecule has 0 aromatic carbocycles. The summed E-state index contributed by atoms with van der Waals surface area (Å²) in [5, 5.41) is 10.8. The Kier molecular flexibility index (Phi) is 7.38. The number of anilines is 1. The fourth-order valence-corrected chi connectivity index (χ4v) is 4.36. The number of hydrogen-bond donors (Lipinski definition) is 3. The average molecular weight is 457 g/mol. The second-order valence-electron chi connectivity index (χ2n) is 8.67. The number of carbonyl (C=O) groups excluding carboxylic acids is 2. The largest absolute Gasteiger partial charge is 0.381 e. The summed E-state index contributed by atoms with van der Waals surface area (Å²) < 4.78 is 7.28. The lowest BCUT2D eigenvalue weighted by Gasteiger charge is -2.32. The van der Waals surface area contributed by atoms with Crippen molar-refractivity contribution in [3.05, 3.63) is 25.0 Å². The van der Waals surface area contributed by atoms with Gasteiger partial charge in [-0.1, -0.05) is 6.58 Å². The molecule has 1 unspecified atom stereocenters. The number of hydrogen-bond acceptors (Lipinski definition) is 7. The minimum atomic E-state index is -0.561. The molecule has 1 aromatic rings. The van der Waals surface area contributed by atoms with Crippen LogP contribution >= 0.6 is 0 Å². The Labute approximate surface area is 193 Å². The molecule has 2 saturated heterocycles. The van der Waals surface area contributed by atoms with Crippen LogP contribution < -0.4 is 16.4 Å². The standard InChI is InChI=1S/C22H32N8O3/c1-2-19(31)29-7-3-4-17(14-29)30-13-16(11-26-30)27-22-25-12-18(20(23)32)21(28-22)24-10-15-5-8-33-9-6-15/h2,11,13,15,17-18H,1,3-10,12,14H2,(H2,23,32)(H2,24,25,27,28)/t17-,18?/m1/s1. The second kappa shape index (κ2) is 10.6. The van der Waals surface area contributed by atoms with Crippen LogP contribution in [0.3, 0.4) is 0 Å². The Morgan fingerprint density at radius 2 is 2.18 bits per heavy atom. The summed E-state index contributed by atoms with van der Waals surface area (Å²) in [6.45, 7) is 7.30. The number of rotatable bonds is 6. The van der Waals surface area contributed by atoms with Gasteiger partial charge < -0.3 is 26.0 Å². The van der Waals surface area contributed by atoms with E-state index in [4.69, 9.17) is 10.5 Å². The first kappa shape index (κ1) is 23.0. The van der Waals surface area contributed by atoms with E-state index in [1.54, 1.807) is 11.1 Å². The summed E-state index contributed by atoms with van der Waals surface area (Å²) in [4.78, 5) is 34.8. The summed E-state index contributed by atoms with van der Waals surface area (Å²) in [7, 11) is 0. The first-order chi connectivity index (χ1) is 16.0. The van der Waals surface area contributed by atoms with E-state index in [9.17, 15) is 9.59 Å². The van der Waals surface area contributed by atoms with E-state index >= 15 is 0 Å². The summed E-state index contributed by atoms with van der Waals surface area (Å²) >= 11 is 0. The van der Waals surface area contributed by atoms with Crippen LogP contribution in [-0.2, 0) is 14.3 Å². The van der Waals surface area contributed by atoms with E-state index in [0.29, 0.717) is 30.8 Å². The molecule has 0 bridgehead atoms. The molecule has 1 aromatic heterocycles. The lowest BCUT2D eigenvalue weighted by Crippen LogP contribution is -2.49. The van der Waals surface area contributed by atoms with Crippen molar-refractivity contribution in [1.29, 1.82) is 0 Å². The van der Waals surface area contributed by atoms with Crippen molar-refractivity contribution in [2.45, 2.75) is 31.7 Å². The van der Waals surface area contributed by atoms with Gasteiger partial charge in [0.1, 0.15) is 11.8 Å². The van der Waals surface area contributed by atoms with Crippen LogP contribution in [0.5, 0.6) is 0 Å². The molecule has 4 rings (SSSR count). The number of amidine groups is 1. The molecule has 11 nitrogen and oxygen atoms in total. The first-order valence-electron chi connectivity index (χ1n) is 11.5. The van der Waals surface area contributed by atoms with Gasteiger partial charge in [0.25, 0.3) is 0 Å². The van der Waals surface area contributed by atoms with Gasteiger partial charge in [-0.25, -0.2) is 0 Å². The zero-order valence-corrected chi connectivity index (χ0v) is 18.8. The number of likely N-dealkylation sites (tertiary alicyclic amines) is 1. The Hall–Kier alpha value is -3.21. The highest BCUT2D eigenvalue weighted by molar-refractivity contribution is 6.14. The molecule has 11 heteroatoms. The lowest BCUT2D eigenvalue weighted by atomic mass is 10.0. The van der Waals surface area contributed by atoms with Crippen LogP contribution in [0.15, 0.2) is 35.0 Å². The van der Waals surface area contributed by atoms with E-state index in [1.807, 2.05) is 10.9 Å². The quantitative estimate of drug-likeness (QED) is 0.534. The van der Waals surface area contributed by atoms with Gasteiger partial charge in [0.15, 0.2) is 0 Å². The Morgan fingerprint density at radius 1 is 1.36 bits per heavy atom. The van der Waals surface area contributed by atoms with Crippen molar-refractivity contribution in [2.24, 2.45) is 27.6 Å². The van der Waals surface area contributed by atoms with Crippen molar-refractivity contribution >= 4 is 29.3 Å².